The van der Waals surface area contributed by atoms with Crippen LogP contribution in [-0.4, -0.2) is 77.9 Å². The van der Waals surface area contributed by atoms with E-state index in [1.807, 2.05) is 6.07 Å². The smallest absolute Gasteiger partial charge is 0.411 e. The SMILES string of the molecule is CC(C)(C)OC(=O)N1[C@@H]2CC[C@@H](C2)[C@H]1C(=O)N[C@H](C#N)Cc1ccc([C@H]2CCN3CCOC[C@H]3C2)cc1F. The van der Waals surface area contributed by atoms with Crippen LogP contribution in [0.3, 0.4) is 0 Å². The van der Waals surface area contributed by atoms with Crippen LogP contribution in [-0.2, 0) is 20.7 Å². The molecule has 2 amide bonds. The highest BCUT2D eigenvalue weighted by atomic mass is 19.1. The van der Waals surface area contributed by atoms with Crippen molar-refractivity contribution in [1.82, 2.24) is 15.1 Å². The predicted octanol–water partition coefficient (Wildman–Crippen LogP) is 3.74. The minimum absolute atomic E-state index is 0.0248. The molecule has 3 heterocycles. The van der Waals surface area contributed by atoms with Gasteiger partial charge in [-0.3, -0.25) is 14.6 Å². The van der Waals surface area contributed by atoms with Gasteiger partial charge in [0.1, 0.15) is 23.5 Å². The number of nitrogens with zero attached hydrogens (tertiary/aromatic N) is 3. The number of rotatable bonds is 5. The molecule has 206 valence electrons. The highest BCUT2D eigenvalue weighted by Crippen LogP contribution is 2.43. The predicted molar refractivity (Wildman–Crippen MR) is 139 cm³/mol. The first-order chi connectivity index (χ1) is 18.1. The van der Waals surface area contributed by atoms with Crippen LogP contribution in [0.15, 0.2) is 18.2 Å². The van der Waals surface area contributed by atoms with Gasteiger partial charge in [-0.15, -0.1) is 0 Å². The zero-order chi connectivity index (χ0) is 27.0. The van der Waals surface area contributed by atoms with Crippen LogP contribution in [0.1, 0.15) is 69.9 Å². The van der Waals surface area contributed by atoms with Crippen molar-refractivity contribution in [1.29, 1.82) is 5.26 Å². The largest absolute Gasteiger partial charge is 0.444 e. The highest BCUT2D eigenvalue weighted by Gasteiger charge is 2.52. The summed E-state index contributed by atoms with van der Waals surface area (Å²) in [6.07, 6.45) is 3.98. The van der Waals surface area contributed by atoms with Crippen LogP contribution in [0.4, 0.5) is 9.18 Å². The molecule has 0 unspecified atom stereocenters. The third kappa shape index (κ3) is 5.67. The van der Waals surface area contributed by atoms with E-state index >= 15 is 4.39 Å². The summed E-state index contributed by atoms with van der Waals surface area (Å²) >= 11 is 0. The molecule has 3 aliphatic heterocycles. The van der Waals surface area contributed by atoms with E-state index in [1.54, 1.807) is 37.8 Å². The first-order valence-electron chi connectivity index (χ1n) is 13.9. The Morgan fingerprint density at radius 2 is 2.03 bits per heavy atom. The van der Waals surface area contributed by atoms with E-state index in [1.165, 1.54) is 0 Å². The number of hydrogen-bond donors (Lipinski definition) is 1. The maximum Gasteiger partial charge on any atom is 0.411 e. The molecule has 0 radical (unpaired) electrons. The Hall–Kier alpha value is -2.70. The van der Waals surface area contributed by atoms with Crippen LogP contribution in [0, 0.1) is 23.1 Å². The lowest BCUT2D eigenvalue weighted by molar-refractivity contribution is -0.128. The molecule has 3 saturated heterocycles. The van der Waals surface area contributed by atoms with Crippen molar-refractivity contribution in [3.05, 3.63) is 35.1 Å². The number of halogens is 1. The van der Waals surface area contributed by atoms with Crippen LogP contribution in [0.2, 0.25) is 0 Å². The average molecular weight is 527 g/mol. The van der Waals surface area contributed by atoms with E-state index in [2.05, 4.69) is 16.3 Å². The summed E-state index contributed by atoms with van der Waals surface area (Å²) in [6, 6.07) is 6.21. The first kappa shape index (κ1) is 26.9. The molecule has 4 aliphatic rings. The summed E-state index contributed by atoms with van der Waals surface area (Å²) in [4.78, 5) is 30.2. The van der Waals surface area contributed by atoms with Gasteiger partial charge in [-0.1, -0.05) is 12.1 Å². The average Bonchev–Trinajstić information content (AvgIpc) is 3.50. The van der Waals surface area contributed by atoms with Crippen molar-refractivity contribution >= 4 is 12.0 Å². The number of morpholine rings is 1. The number of fused-ring (bicyclic) bond motifs is 3. The topological polar surface area (TPSA) is 94.9 Å². The van der Waals surface area contributed by atoms with E-state index < -0.39 is 23.8 Å². The number of nitrogens with one attached hydrogen (secondary N) is 1. The summed E-state index contributed by atoms with van der Waals surface area (Å²) in [6.45, 7) is 8.86. The number of amides is 2. The second kappa shape index (κ2) is 10.8. The number of ether oxygens (including phenoxy) is 2. The molecule has 38 heavy (non-hydrogen) atoms. The minimum Gasteiger partial charge on any atom is -0.444 e. The van der Waals surface area contributed by atoms with Crippen molar-refractivity contribution < 1.29 is 23.5 Å². The van der Waals surface area contributed by atoms with Gasteiger partial charge in [0.15, 0.2) is 0 Å². The maximum atomic E-state index is 15.2. The second-order valence-electron chi connectivity index (χ2n) is 12.3. The molecule has 4 fully saturated rings. The Morgan fingerprint density at radius 3 is 2.76 bits per heavy atom. The summed E-state index contributed by atoms with van der Waals surface area (Å²) in [5.74, 6) is -0.392. The number of hydrogen-bond acceptors (Lipinski definition) is 6. The Labute approximate surface area is 224 Å². The molecule has 1 aliphatic carbocycles. The maximum absolute atomic E-state index is 15.2. The summed E-state index contributed by atoms with van der Waals surface area (Å²) in [7, 11) is 0. The Balaban J connectivity index is 1.22. The van der Waals surface area contributed by atoms with Crippen molar-refractivity contribution in [2.75, 3.05) is 26.3 Å². The molecular formula is C29H39FN4O4. The molecule has 1 aromatic carbocycles. The Kier molecular flexibility index (Phi) is 7.65. The van der Waals surface area contributed by atoms with E-state index in [-0.39, 0.29) is 36.0 Å². The van der Waals surface area contributed by atoms with Gasteiger partial charge in [0, 0.05) is 25.0 Å². The molecule has 2 bridgehead atoms. The van der Waals surface area contributed by atoms with Crippen LogP contribution in [0.5, 0.6) is 0 Å². The highest BCUT2D eigenvalue weighted by molar-refractivity contribution is 5.87. The zero-order valence-electron chi connectivity index (χ0n) is 22.6. The molecule has 1 aromatic rings. The lowest BCUT2D eigenvalue weighted by Gasteiger charge is -2.42. The number of nitriles is 1. The number of carbonyl (C=O) groups is 2. The number of likely N-dealkylation sites (tertiary alicyclic amines) is 1. The van der Waals surface area contributed by atoms with Crippen LogP contribution >= 0.6 is 0 Å². The van der Waals surface area contributed by atoms with Gasteiger partial charge >= 0.3 is 6.09 Å². The van der Waals surface area contributed by atoms with Crippen molar-refractivity contribution in [3.8, 4) is 6.07 Å². The van der Waals surface area contributed by atoms with Gasteiger partial charge in [-0.2, -0.15) is 5.26 Å². The van der Waals surface area contributed by atoms with E-state index in [9.17, 15) is 14.9 Å². The molecule has 9 heteroatoms. The monoisotopic (exact) mass is 526 g/mol. The molecule has 8 nitrogen and oxygen atoms in total. The molecule has 6 atom stereocenters. The molecular weight excluding hydrogens is 487 g/mol. The lowest BCUT2D eigenvalue weighted by Crippen LogP contribution is -2.55. The number of piperidine rings is 2. The van der Waals surface area contributed by atoms with Gasteiger partial charge in [0.05, 0.1) is 19.3 Å². The Morgan fingerprint density at radius 1 is 1.21 bits per heavy atom. The van der Waals surface area contributed by atoms with E-state index in [0.717, 1.165) is 64.0 Å². The molecule has 1 saturated carbocycles. The van der Waals surface area contributed by atoms with Gasteiger partial charge < -0.3 is 14.8 Å². The second-order valence-corrected chi connectivity index (χ2v) is 12.3. The summed E-state index contributed by atoms with van der Waals surface area (Å²) in [5, 5.41) is 12.6. The van der Waals surface area contributed by atoms with Crippen molar-refractivity contribution in [2.24, 2.45) is 5.92 Å². The number of benzene rings is 1. The summed E-state index contributed by atoms with van der Waals surface area (Å²) < 4.78 is 26.4. The van der Waals surface area contributed by atoms with E-state index in [4.69, 9.17) is 9.47 Å². The summed E-state index contributed by atoms with van der Waals surface area (Å²) in [5.41, 5.74) is 0.708. The molecule has 0 aromatic heterocycles. The fourth-order valence-corrected chi connectivity index (χ4v) is 6.76. The van der Waals surface area contributed by atoms with Crippen molar-refractivity contribution in [2.45, 2.75) is 95.0 Å². The zero-order valence-corrected chi connectivity index (χ0v) is 22.6. The number of carbonyl (C=O) groups excluding carboxylic acids is 2. The molecule has 1 N–H and O–H groups in total. The minimum atomic E-state index is -0.898. The van der Waals surface area contributed by atoms with Crippen LogP contribution < -0.4 is 5.32 Å². The van der Waals surface area contributed by atoms with Crippen molar-refractivity contribution in [3.63, 3.8) is 0 Å². The van der Waals surface area contributed by atoms with Gasteiger partial charge in [-0.25, -0.2) is 9.18 Å². The Bertz CT molecular complexity index is 1100. The van der Waals surface area contributed by atoms with Gasteiger partial charge in [0.25, 0.3) is 0 Å². The molecule has 5 rings (SSSR count). The normalized spacial score (nSPS) is 29.9. The standard InChI is InChI=1S/C29H39FN4O4/c1-29(2,3)38-28(36)34-23-7-6-21(14-23)26(34)27(35)32-22(16-31)12-20-5-4-18(15-25(20)30)19-8-9-33-10-11-37-17-24(33)13-19/h4-5,15,19,21-24,26H,6-14,17H2,1-3H3,(H,32,35)/t19-,21-,22-,23+,24+,26-/m0/s1. The van der Waals surface area contributed by atoms with Crippen LogP contribution in [0.25, 0.3) is 0 Å². The molecule has 0 spiro atoms. The first-order valence-corrected chi connectivity index (χ1v) is 13.9. The van der Waals surface area contributed by atoms with E-state index in [0.29, 0.717) is 11.6 Å². The third-order valence-electron chi connectivity index (χ3n) is 8.57. The fraction of sp³-hybridized carbons (Fsp3) is 0.690. The fourth-order valence-electron chi connectivity index (χ4n) is 6.76. The lowest BCUT2D eigenvalue weighted by atomic mass is 9.84. The quantitative estimate of drug-likeness (QED) is 0.628. The van der Waals surface area contributed by atoms with Gasteiger partial charge in [-0.05, 0) is 88.4 Å². The third-order valence-corrected chi connectivity index (χ3v) is 8.57. The van der Waals surface area contributed by atoms with Gasteiger partial charge in [0.2, 0.25) is 5.91 Å².